The number of nitrogens with zero attached hydrogens (tertiary/aromatic N) is 1. The van der Waals surface area contributed by atoms with Crippen LogP contribution in [-0.2, 0) is 17.8 Å². The minimum Gasteiger partial charge on any atom is -0.341 e. The quantitative estimate of drug-likeness (QED) is 0.821. The molecule has 0 aliphatic carbocycles. The number of benzene rings is 1. The van der Waals surface area contributed by atoms with Crippen LogP contribution in [0, 0.1) is 0 Å². The van der Waals surface area contributed by atoms with Crippen molar-refractivity contribution in [1.29, 1.82) is 0 Å². The van der Waals surface area contributed by atoms with Crippen LogP contribution >= 0.6 is 0 Å². The predicted octanol–water partition coefficient (Wildman–Crippen LogP) is 2.72. The molecular weight excluding hydrogens is 236 g/mol. The second-order valence-electron chi connectivity index (χ2n) is 5.33. The van der Waals surface area contributed by atoms with E-state index in [4.69, 9.17) is 5.73 Å². The maximum atomic E-state index is 11.9. The van der Waals surface area contributed by atoms with Crippen LogP contribution in [-0.4, -0.2) is 23.9 Å². The van der Waals surface area contributed by atoms with Gasteiger partial charge in [-0.3, -0.25) is 4.79 Å². The summed E-state index contributed by atoms with van der Waals surface area (Å²) in [5.41, 5.74) is 8.20. The molecule has 0 bridgehead atoms. The first kappa shape index (κ1) is 15.7. The van der Waals surface area contributed by atoms with Gasteiger partial charge in [-0.05, 0) is 30.9 Å². The molecule has 0 aliphatic rings. The summed E-state index contributed by atoms with van der Waals surface area (Å²) in [6.45, 7) is 4.78. The lowest BCUT2D eigenvalue weighted by atomic mass is 10.1. The highest BCUT2D eigenvalue weighted by Crippen LogP contribution is 2.09. The Morgan fingerprint density at radius 2 is 1.84 bits per heavy atom. The summed E-state index contributed by atoms with van der Waals surface area (Å²) in [5, 5.41) is 0. The third kappa shape index (κ3) is 5.88. The maximum absolute atomic E-state index is 11.9. The highest BCUT2D eigenvalue weighted by atomic mass is 16.2. The molecule has 1 amide bonds. The largest absolute Gasteiger partial charge is 0.341 e. The van der Waals surface area contributed by atoms with E-state index < -0.39 is 0 Å². The summed E-state index contributed by atoms with van der Waals surface area (Å²) in [4.78, 5) is 13.7. The van der Waals surface area contributed by atoms with Gasteiger partial charge in [0.2, 0.25) is 5.91 Å². The zero-order valence-electron chi connectivity index (χ0n) is 12.4. The Morgan fingerprint density at radius 1 is 1.26 bits per heavy atom. The summed E-state index contributed by atoms with van der Waals surface area (Å²) in [6, 6.07) is 8.62. The number of amides is 1. The number of carbonyl (C=O) groups excluding carboxylic acids is 1. The Labute approximate surface area is 116 Å². The molecule has 1 aromatic rings. The van der Waals surface area contributed by atoms with Crippen molar-refractivity contribution in [1.82, 2.24) is 4.90 Å². The lowest BCUT2D eigenvalue weighted by Gasteiger charge is -2.18. The monoisotopic (exact) mass is 262 g/mol. The summed E-state index contributed by atoms with van der Waals surface area (Å²) in [6.07, 6.45) is 3.55. The first-order valence-corrected chi connectivity index (χ1v) is 7.10. The summed E-state index contributed by atoms with van der Waals surface area (Å²) in [7, 11) is 1.85. The molecule has 1 atom stereocenters. The van der Waals surface area contributed by atoms with Crippen LogP contribution in [0.15, 0.2) is 24.3 Å². The fraction of sp³-hybridized carbons (Fsp3) is 0.562. The van der Waals surface area contributed by atoms with Crippen molar-refractivity contribution in [2.45, 2.75) is 52.1 Å². The van der Waals surface area contributed by atoms with E-state index in [2.05, 4.69) is 31.2 Å². The molecule has 0 fully saturated rings. The van der Waals surface area contributed by atoms with Gasteiger partial charge in [0, 0.05) is 26.1 Å². The zero-order valence-corrected chi connectivity index (χ0v) is 12.4. The Balaban J connectivity index is 2.47. The molecule has 1 unspecified atom stereocenters. The van der Waals surface area contributed by atoms with E-state index in [1.807, 2.05) is 14.0 Å². The number of hydrogen-bond acceptors (Lipinski definition) is 2. The molecule has 0 heterocycles. The Kier molecular flexibility index (Phi) is 6.57. The van der Waals surface area contributed by atoms with Crippen LogP contribution < -0.4 is 5.73 Å². The van der Waals surface area contributed by atoms with E-state index in [1.54, 1.807) is 4.90 Å². The molecule has 0 spiro atoms. The summed E-state index contributed by atoms with van der Waals surface area (Å²) >= 11 is 0. The van der Waals surface area contributed by atoms with Crippen molar-refractivity contribution in [3.8, 4) is 0 Å². The van der Waals surface area contributed by atoms with Crippen molar-refractivity contribution in [2.75, 3.05) is 7.05 Å². The summed E-state index contributed by atoms with van der Waals surface area (Å²) in [5.74, 6) is 0.162. The molecule has 1 rings (SSSR count). The minimum absolute atomic E-state index is 0.0886. The van der Waals surface area contributed by atoms with Gasteiger partial charge < -0.3 is 10.6 Å². The molecule has 2 N–H and O–H groups in total. The Bertz CT molecular complexity index is 384. The van der Waals surface area contributed by atoms with E-state index in [1.165, 1.54) is 11.1 Å². The Hall–Kier alpha value is -1.35. The van der Waals surface area contributed by atoms with Gasteiger partial charge in [0.1, 0.15) is 0 Å². The number of aryl methyl sites for hydroxylation is 1. The maximum Gasteiger partial charge on any atom is 0.222 e. The molecular formula is C16H26N2O. The standard InChI is InChI=1S/C16H26N2O/c1-4-5-14-7-9-15(10-8-14)12-18(3)16(19)11-6-13(2)17/h7-10,13H,4-6,11-12,17H2,1-3H3. The molecule has 19 heavy (non-hydrogen) atoms. The van der Waals surface area contributed by atoms with Crippen LogP contribution in [0.5, 0.6) is 0 Å². The lowest BCUT2D eigenvalue weighted by Crippen LogP contribution is -2.27. The van der Waals surface area contributed by atoms with E-state index in [-0.39, 0.29) is 11.9 Å². The second-order valence-corrected chi connectivity index (χ2v) is 5.33. The van der Waals surface area contributed by atoms with Crippen molar-refractivity contribution < 1.29 is 4.79 Å². The molecule has 0 radical (unpaired) electrons. The number of hydrogen-bond donors (Lipinski definition) is 1. The van der Waals surface area contributed by atoms with Gasteiger partial charge in [0.25, 0.3) is 0 Å². The van der Waals surface area contributed by atoms with Gasteiger partial charge in [-0.1, -0.05) is 37.6 Å². The first-order chi connectivity index (χ1) is 9.02. The summed E-state index contributed by atoms with van der Waals surface area (Å²) < 4.78 is 0. The third-order valence-electron chi connectivity index (χ3n) is 3.22. The Morgan fingerprint density at radius 3 is 2.37 bits per heavy atom. The molecule has 0 saturated heterocycles. The van der Waals surface area contributed by atoms with Crippen molar-refractivity contribution in [2.24, 2.45) is 5.73 Å². The van der Waals surface area contributed by atoms with E-state index in [9.17, 15) is 4.79 Å². The number of nitrogens with two attached hydrogens (primary N) is 1. The fourth-order valence-corrected chi connectivity index (χ4v) is 2.00. The number of carbonyl (C=O) groups is 1. The van der Waals surface area contributed by atoms with Gasteiger partial charge in [0.05, 0.1) is 0 Å². The second kappa shape index (κ2) is 7.95. The van der Waals surface area contributed by atoms with E-state index in [0.717, 1.165) is 19.3 Å². The molecule has 0 saturated carbocycles. The predicted molar refractivity (Wildman–Crippen MR) is 79.8 cm³/mol. The fourth-order valence-electron chi connectivity index (χ4n) is 2.00. The van der Waals surface area contributed by atoms with Crippen molar-refractivity contribution >= 4 is 5.91 Å². The van der Waals surface area contributed by atoms with Gasteiger partial charge in [-0.15, -0.1) is 0 Å². The van der Waals surface area contributed by atoms with Crippen LogP contribution in [0.25, 0.3) is 0 Å². The minimum atomic E-state index is 0.0886. The van der Waals surface area contributed by atoms with Gasteiger partial charge in [-0.2, -0.15) is 0 Å². The zero-order chi connectivity index (χ0) is 14.3. The normalized spacial score (nSPS) is 12.2. The molecule has 3 nitrogen and oxygen atoms in total. The smallest absolute Gasteiger partial charge is 0.222 e. The van der Waals surface area contributed by atoms with Crippen LogP contribution in [0.4, 0.5) is 0 Å². The van der Waals surface area contributed by atoms with E-state index >= 15 is 0 Å². The molecule has 1 aromatic carbocycles. The van der Waals surface area contributed by atoms with E-state index in [0.29, 0.717) is 13.0 Å². The lowest BCUT2D eigenvalue weighted by molar-refractivity contribution is -0.130. The van der Waals surface area contributed by atoms with Gasteiger partial charge in [-0.25, -0.2) is 0 Å². The van der Waals surface area contributed by atoms with Crippen molar-refractivity contribution in [3.63, 3.8) is 0 Å². The molecule has 0 aromatic heterocycles. The topological polar surface area (TPSA) is 46.3 Å². The average molecular weight is 262 g/mol. The highest BCUT2D eigenvalue weighted by molar-refractivity contribution is 5.75. The SMILES string of the molecule is CCCc1ccc(CN(C)C(=O)CCC(C)N)cc1. The van der Waals surface area contributed by atoms with Crippen LogP contribution in [0.1, 0.15) is 44.2 Å². The van der Waals surface area contributed by atoms with Crippen LogP contribution in [0.3, 0.4) is 0 Å². The first-order valence-electron chi connectivity index (χ1n) is 7.10. The molecule has 3 heteroatoms. The van der Waals surface area contributed by atoms with Crippen LogP contribution in [0.2, 0.25) is 0 Å². The molecule has 0 aliphatic heterocycles. The third-order valence-corrected chi connectivity index (χ3v) is 3.22. The number of rotatable bonds is 7. The van der Waals surface area contributed by atoms with Gasteiger partial charge in [0.15, 0.2) is 0 Å². The molecule has 106 valence electrons. The van der Waals surface area contributed by atoms with Gasteiger partial charge >= 0.3 is 0 Å². The average Bonchev–Trinajstić information content (AvgIpc) is 2.38. The van der Waals surface area contributed by atoms with Crippen molar-refractivity contribution in [3.05, 3.63) is 35.4 Å². The highest BCUT2D eigenvalue weighted by Gasteiger charge is 2.10.